The fourth-order valence-corrected chi connectivity index (χ4v) is 2.44. The predicted octanol–water partition coefficient (Wildman–Crippen LogP) is 2.72. The molecule has 2 aromatic carbocycles. The molecular formula is C18H16N2O4. The van der Waals surface area contributed by atoms with Crippen LogP contribution in [0.2, 0.25) is 0 Å². The van der Waals surface area contributed by atoms with Gasteiger partial charge in [-0.15, -0.1) is 0 Å². The van der Waals surface area contributed by atoms with Crippen molar-refractivity contribution in [3.8, 4) is 22.9 Å². The molecule has 0 spiro atoms. The van der Waals surface area contributed by atoms with Crippen LogP contribution >= 0.6 is 0 Å². The lowest BCUT2D eigenvalue weighted by atomic mass is 10.0. The largest absolute Gasteiger partial charge is 0.504 e. The number of Topliss-reactive ketones (excluding diaryl/α,β-unsaturated/α-hetero) is 1. The van der Waals surface area contributed by atoms with Crippen LogP contribution in [-0.4, -0.2) is 32.9 Å². The van der Waals surface area contributed by atoms with Gasteiger partial charge in [-0.3, -0.25) is 4.79 Å². The first kappa shape index (κ1) is 15.6. The molecule has 2 N–H and O–H groups in total. The summed E-state index contributed by atoms with van der Waals surface area (Å²) in [4.78, 5) is 12.4. The van der Waals surface area contributed by atoms with Crippen molar-refractivity contribution in [2.75, 3.05) is 7.11 Å². The molecule has 0 bridgehead atoms. The van der Waals surface area contributed by atoms with Crippen molar-refractivity contribution >= 4 is 5.78 Å². The first-order valence-corrected chi connectivity index (χ1v) is 7.31. The first-order valence-electron chi connectivity index (χ1n) is 7.31. The molecular weight excluding hydrogens is 308 g/mol. The number of benzene rings is 2. The number of rotatable bonds is 5. The van der Waals surface area contributed by atoms with Gasteiger partial charge in [0.05, 0.1) is 24.6 Å². The summed E-state index contributed by atoms with van der Waals surface area (Å²) in [6.07, 6.45) is 3.45. The Morgan fingerprint density at radius 1 is 1.17 bits per heavy atom. The van der Waals surface area contributed by atoms with Gasteiger partial charge >= 0.3 is 0 Å². The molecule has 0 aliphatic rings. The van der Waals surface area contributed by atoms with E-state index in [1.165, 1.54) is 19.2 Å². The average molecular weight is 324 g/mol. The van der Waals surface area contributed by atoms with Crippen molar-refractivity contribution in [1.82, 2.24) is 9.78 Å². The second-order valence-electron chi connectivity index (χ2n) is 5.24. The van der Waals surface area contributed by atoms with Crippen LogP contribution in [0.25, 0.3) is 5.69 Å². The summed E-state index contributed by atoms with van der Waals surface area (Å²) < 4.78 is 6.59. The van der Waals surface area contributed by atoms with E-state index in [2.05, 4.69) is 5.10 Å². The molecule has 0 fully saturated rings. The average Bonchev–Trinajstić information content (AvgIpc) is 3.04. The van der Waals surface area contributed by atoms with Gasteiger partial charge in [-0.1, -0.05) is 18.2 Å². The predicted molar refractivity (Wildman–Crippen MR) is 87.9 cm³/mol. The Hall–Kier alpha value is -3.28. The van der Waals surface area contributed by atoms with E-state index in [0.717, 1.165) is 11.3 Å². The number of methoxy groups -OCH3 is 1. The highest BCUT2D eigenvalue weighted by Gasteiger charge is 2.19. The van der Waals surface area contributed by atoms with E-state index in [4.69, 9.17) is 4.74 Å². The van der Waals surface area contributed by atoms with E-state index in [1.54, 1.807) is 17.1 Å². The van der Waals surface area contributed by atoms with Gasteiger partial charge in [0.2, 0.25) is 5.75 Å². The normalized spacial score (nSPS) is 10.5. The smallest absolute Gasteiger partial charge is 0.203 e. The number of ketones is 1. The summed E-state index contributed by atoms with van der Waals surface area (Å²) in [5, 5.41) is 23.9. The number of ether oxygens (including phenoxy) is 1. The van der Waals surface area contributed by atoms with Crippen LogP contribution in [-0.2, 0) is 6.42 Å². The van der Waals surface area contributed by atoms with Gasteiger partial charge in [0.1, 0.15) is 0 Å². The Kier molecular flexibility index (Phi) is 4.20. The van der Waals surface area contributed by atoms with E-state index in [9.17, 15) is 15.0 Å². The fourth-order valence-electron chi connectivity index (χ4n) is 2.44. The number of aromatic nitrogens is 2. The quantitative estimate of drug-likeness (QED) is 0.705. The summed E-state index contributed by atoms with van der Waals surface area (Å²) in [5.41, 5.74) is 1.71. The zero-order chi connectivity index (χ0) is 17.1. The minimum atomic E-state index is -0.363. The number of phenolic OH excluding ortho intramolecular Hbond substituents is 2. The molecule has 1 aromatic heterocycles. The van der Waals surface area contributed by atoms with Crippen molar-refractivity contribution in [2.45, 2.75) is 6.42 Å². The number of carbonyl (C=O) groups is 1. The maximum absolute atomic E-state index is 12.4. The minimum absolute atomic E-state index is 0.0777. The van der Waals surface area contributed by atoms with Crippen LogP contribution in [0.15, 0.2) is 54.9 Å². The number of nitrogens with zero attached hydrogens (tertiary/aromatic N) is 2. The third-order valence-electron chi connectivity index (χ3n) is 3.64. The summed E-state index contributed by atoms with van der Waals surface area (Å²) >= 11 is 0. The van der Waals surface area contributed by atoms with Crippen molar-refractivity contribution in [1.29, 1.82) is 0 Å². The molecule has 122 valence electrons. The topological polar surface area (TPSA) is 84.6 Å². The van der Waals surface area contributed by atoms with E-state index in [0.29, 0.717) is 0 Å². The Morgan fingerprint density at radius 3 is 2.62 bits per heavy atom. The van der Waals surface area contributed by atoms with Gasteiger partial charge in [0.25, 0.3) is 0 Å². The number of phenols is 2. The molecule has 1 heterocycles. The third kappa shape index (κ3) is 2.94. The van der Waals surface area contributed by atoms with Crippen molar-refractivity contribution in [3.05, 3.63) is 66.0 Å². The number of para-hydroxylation sites is 1. The van der Waals surface area contributed by atoms with E-state index < -0.39 is 0 Å². The molecule has 24 heavy (non-hydrogen) atoms. The second kappa shape index (κ2) is 6.45. The summed E-state index contributed by atoms with van der Waals surface area (Å²) in [7, 11) is 1.31. The van der Waals surface area contributed by atoms with Crippen molar-refractivity contribution in [2.24, 2.45) is 0 Å². The molecule has 6 heteroatoms. The first-order chi connectivity index (χ1) is 11.6. The third-order valence-corrected chi connectivity index (χ3v) is 3.64. The molecule has 0 unspecified atom stereocenters. The summed E-state index contributed by atoms with van der Waals surface area (Å²) in [6, 6.07) is 12.2. The van der Waals surface area contributed by atoms with Crippen molar-refractivity contribution in [3.63, 3.8) is 0 Å². The van der Waals surface area contributed by atoms with Gasteiger partial charge in [-0.25, -0.2) is 4.68 Å². The lowest BCUT2D eigenvalue weighted by molar-refractivity contribution is 0.0989. The molecule has 0 radical (unpaired) electrons. The van der Waals surface area contributed by atoms with E-state index in [-0.39, 0.29) is 35.0 Å². The number of carbonyl (C=O) groups excluding carboxylic acids is 1. The van der Waals surface area contributed by atoms with Gasteiger partial charge in [-0.2, -0.15) is 5.10 Å². The number of hydrogen-bond acceptors (Lipinski definition) is 5. The highest BCUT2D eigenvalue weighted by atomic mass is 16.5. The van der Waals surface area contributed by atoms with Crippen LogP contribution in [0.4, 0.5) is 0 Å². The van der Waals surface area contributed by atoms with E-state index in [1.807, 2.05) is 30.3 Å². The van der Waals surface area contributed by atoms with Gasteiger partial charge in [0.15, 0.2) is 17.3 Å². The number of hydrogen-bond donors (Lipinski definition) is 2. The summed E-state index contributed by atoms with van der Waals surface area (Å²) in [5.74, 6) is -0.986. The van der Waals surface area contributed by atoms with Gasteiger partial charge < -0.3 is 14.9 Å². The van der Waals surface area contributed by atoms with Crippen LogP contribution < -0.4 is 4.74 Å². The Morgan fingerprint density at radius 2 is 1.92 bits per heavy atom. The SMILES string of the molecule is COc1c(O)ccc(C(=O)Cc2cnn(-c3ccccc3)c2)c1O. The maximum Gasteiger partial charge on any atom is 0.203 e. The lowest BCUT2D eigenvalue weighted by Gasteiger charge is -2.09. The molecule has 0 saturated heterocycles. The fraction of sp³-hybridized carbons (Fsp3) is 0.111. The number of aromatic hydroxyl groups is 2. The van der Waals surface area contributed by atoms with Crippen LogP contribution in [0.1, 0.15) is 15.9 Å². The molecule has 0 aliphatic heterocycles. The van der Waals surface area contributed by atoms with Crippen LogP contribution in [0.5, 0.6) is 17.2 Å². The van der Waals surface area contributed by atoms with Crippen molar-refractivity contribution < 1.29 is 19.7 Å². The van der Waals surface area contributed by atoms with Crippen LogP contribution in [0, 0.1) is 0 Å². The molecule has 0 aliphatic carbocycles. The molecule has 0 saturated carbocycles. The minimum Gasteiger partial charge on any atom is -0.504 e. The van der Waals surface area contributed by atoms with Gasteiger partial charge in [-0.05, 0) is 29.8 Å². The molecule has 3 aromatic rings. The summed E-state index contributed by atoms with van der Waals surface area (Å²) in [6.45, 7) is 0. The van der Waals surface area contributed by atoms with E-state index >= 15 is 0 Å². The highest BCUT2D eigenvalue weighted by Crippen LogP contribution is 2.38. The standard InChI is InChI=1S/C18H16N2O4/c1-24-18-15(21)8-7-14(17(18)23)16(22)9-12-10-19-20(11-12)13-5-3-2-4-6-13/h2-8,10-11,21,23H,9H2,1H3. The lowest BCUT2D eigenvalue weighted by Crippen LogP contribution is -2.04. The second-order valence-corrected chi connectivity index (χ2v) is 5.24. The monoisotopic (exact) mass is 324 g/mol. The molecule has 0 amide bonds. The maximum atomic E-state index is 12.4. The molecule has 0 atom stereocenters. The zero-order valence-electron chi connectivity index (χ0n) is 13.0. The van der Waals surface area contributed by atoms with Gasteiger partial charge in [0, 0.05) is 12.6 Å². The Labute approximate surface area is 138 Å². The zero-order valence-corrected chi connectivity index (χ0v) is 13.0. The molecule has 6 nitrogen and oxygen atoms in total. The highest BCUT2D eigenvalue weighted by molar-refractivity contribution is 6.00. The Bertz CT molecular complexity index is 872. The van der Waals surface area contributed by atoms with Crippen LogP contribution in [0.3, 0.4) is 0 Å². The Balaban J connectivity index is 1.82. The molecule has 3 rings (SSSR count).